The van der Waals surface area contributed by atoms with Gasteiger partial charge in [0.1, 0.15) is 5.82 Å². The lowest BCUT2D eigenvalue weighted by molar-refractivity contribution is -0.0705. The molecule has 1 aromatic carbocycles. The number of nitrogens with zero attached hydrogens (tertiary/aromatic N) is 1. The third-order valence-corrected chi connectivity index (χ3v) is 3.14. The standard InChI is InChI=1S/C14H20FNO.C2H6/c1-10-4-5-13(6-14(10)15)9-16-7-11(2)17-12(3)8-16;1-2/h4-6,11-12H,7-9H2,1-3H3;1-2H3. The van der Waals surface area contributed by atoms with Gasteiger partial charge in [0.2, 0.25) is 0 Å². The summed E-state index contributed by atoms with van der Waals surface area (Å²) in [6.45, 7) is 12.6. The molecule has 19 heavy (non-hydrogen) atoms. The van der Waals surface area contributed by atoms with Gasteiger partial charge in [-0.25, -0.2) is 4.39 Å². The van der Waals surface area contributed by atoms with E-state index in [-0.39, 0.29) is 18.0 Å². The topological polar surface area (TPSA) is 12.5 Å². The van der Waals surface area contributed by atoms with E-state index in [9.17, 15) is 4.39 Å². The Bertz CT molecular complexity index is 384. The Morgan fingerprint density at radius 2 is 1.79 bits per heavy atom. The quantitative estimate of drug-likeness (QED) is 0.808. The highest BCUT2D eigenvalue weighted by atomic mass is 19.1. The van der Waals surface area contributed by atoms with Crippen molar-refractivity contribution >= 4 is 0 Å². The molecular weight excluding hydrogens is 241 g/mol. The Kier molecular flexibility index (Phi) is 6.46. The summed E-state index contributed by atoms with van der Waals surface area (Å²) in [4.78, 5) is 2.32. The fourth-order valence-corrected chi connectivity index (χ4v) is 2.41. The maximum Gasteiger partial charge on any atom is 0.126 e. The number of ether oxygens (including phenoxy) is 1. The predicted octanol–water partition coefficient (Wildman–Crippen LogP) is 3.77. The van der Waals surface area contributed by atoms with Crippen LogP contribution in [0.3, 0.4) is 0 Å². The van der Waals surface area contributed by atoms with Crippen LogP contribution in [0.1, 0.15) is 38.8 Å². The van der Waals surface area contributed by atoms with Gasteiger partial charge in [0.15, 0.2) is 0 Å². The van der Waals surface area contributed by atoms with Gasteiger partial charge in [-0.05, 0) is 38.0 Å². The molecule has 0 N–H and O–H groups in total. The highest BCUT2D eigenvalue weighted by Gasteiger charge is 2.22. The molecule has 2 nitrogen and oxygen atoms in total. The van der Waals surface area contributed by atoms with Crippen molar-refractivity contribution in [3.63, 3.8) is 0 Å². The van der Waals surface area contributed by atoms with Crippen molar-refractivity contribution in [1.82, 2.24) is 4.90 Å². The van der Waals surface area contributed by atoms with Crippen LogP contribution in [0.2, 0.25) is 0 Å². The van der Waals surface area contributed by atoms with Crippen molar-refractivity contribution in [2.45, 2.75) is 53.4 Å². The van der Waals surface area contributed by atoms with Crippen LogP contribution in [0.4, 0.5) is 4.39 Å². The summed E-state index contributed by atoms with van der Waals surface area (Å²) in [6.07, 6.45) is 0.517. The fraction of sp³-hybridized carbons (Fsp3) is 0.625. The number of morpholine rings is 1. The van der Waals surface area contributed by atoms with E-state index in [0.29, 0.717) is 5.56 Å². The van der Waals surface area contributed by atoms with Crippen molar-refractivity contribution in [2.75, 3.05) is 13.1 Å². The van der Waals surface area contributed by atoms with Crippen LogP contribution in [0, 0.1) is 12.7 Å². The molecule has 2 unspecified atom stereocenters. The number of hydrogen-bond acceptors (Lipinski definition) is 2. The van der Waals surface area contributed by atoms with Crippen LogP contribution < -0.4 is 0 Å². The lowest BCUT2D eigenvalue weighted by atomic mass is 10.1. The highest BCUT2D eigenvalue weighted by molar-refractivity contribution is 5.23. The minimum Gasteiger partial charge on any atom is -0.373 e. The first-order valence-corrected chi connectivity index (χ1v) is 7.17. The zero-order valence-corrected chi connectivity index (χ0v) is 12.7. The Labute approximate surface area is 116 Å². The molecule has 1 aromatic rings. The maximum absolute atomic E-state index is 13.4. The lowest BCUT2D eigenvalue weighted by Gasteiger charge is -2.35. The molecule has 0 radical (unpaired) electrons. The smallest absolute Gasteiger partial charge is 0.126 e. The van der Waals surface area contributed by atoms with Gasteiger partial charge >= 0.3 is 0 Å². The van der Waals surface area contributed by atoms with Crippen LogP contribution in [-0.4, -0.2) is 30.2 Å². The van der Waals surface area contributed by atoms with E-state index >= 15 is 0 Å². The van der Waals surface area contributed by atoms with Gasteiger partial charge in [-0.2, -0.15) is 0 Å². The molecule has 1 aliphatic rings. The molecule has 0 aliphatic carbocycles. The first-order valence-electron chi connectivity index (χ1n) is 7.17. The second-order valence-electron chi connectivity index (χ2n) is 5.03. The first-order chi connectivity index (χ1) is 9.04. The van der Waals surface area contributed by atoms with Gasteiger partial charge in [-0.15, -0.1) is 0 Å². The zero-order chi connectivity index (χ0) is 14.4. The third-order valence-electron chi connectivity index (χ3n) is 3.14. The summed E-state index contributed by atoms with van der Waals surface area (Å²) < 4.78 is 19.1. The Morgan fingerprint density at radius 3 is 2.32 bits per heavy atom. The average molecular weight is 267 g/mol. The fourth-order valence-electron chi connectivity index (χ4n) is 2.41. The number of hydrogen-bond donors (Lipinski definition) is 0. The molecule has 0 bridgehead atoms. The van der Waals surface area contributed by atoms with Crippen molar-refractivity contribution in [2.24, 2.45) is 0 Å². The molecule has 3 heteroatoms. The summed E-state index contributed by atoms with van der Waals surface area (Å²) in [5.41, 5.74) is 1.74. The van der Waals surface area contributed by atoms with E-state index in [0.717, 1.165) is 25.2 Å². The summed E-state index contributed by atoms with van der Waals surface area (Å²) in [7, 11) is 0. The molecule has 0 aromatic heterocycles. The summed E-state index contributed by atoms with van der Waals surface area (Å²) >= 11 is 0. The normalized spacial score (nSPS) is 23.7. The molecule has 0 amide bonds. The SMILES string of the molecule is CC.Cc1ccc(CN2CC(C)OC(C)C2)cc1F. The Balaban J connectivity index is 0.000000861. The molecule has 0 saturated carbocycles. The average Bonchev–Trinajstić information content (AvgIpc) is 2.35. The van der Waals surface area contributed by atoms with Crippen molar-refractivity contribution < 1.29 is 9.13 Å². The third kappa shape index (κ3) is 4.92. The largest absolute Gasteiger partial charge is 0.373 e. The van der Waals surface area contributed by atoms with E-state index in [1.54, 1.807) is 13.0 Å². The van der Waals surface area contributed by atoms with E-state index in [1.807, 2.05) is 26.0 Å². The second-order valence-corrected chi connectivity index (χ2v) is 5.03. The lowest BCUT2D eigenvalue weighted by Crippen LogP contribution is -2.44. The molecule has 1 saturated heterocycles. The van der Waals surface area contributed by atoms with E-state index in [2.05, 4.69) is 18.7 Å². The van der Waals surface area contributed by atoms with Gasteiger partial charge in [-0.3, -0.25) is 4.90 Å². The van der Waals surface area contributed by atoms with Crippen molar-refractivity contribution in [1.29, 1.82) is 0 Å². The van der Waals surface area contributed by atoms with E-state index in [1.165, 1.54) is 0 Å². The molecule has 1 heterocycles. The number of rotatable bonds is 2. The summed E-state index contributed by atoms with van der Waals surface area (Å²) in [5, 5.41) is 0. The van der Waals surface area contributed by atoms with Crippen molar-refractivity contribution in [3.8, 4) is 0 Å². The molecule has 2 rings (SSSR count). The molecule has 1 fully saturated rings. The van der Waals surface area contributed by atoms with Gasteiger partial charge in [0, 0.05) is 19.6 Å². The summed E-state index contributed by atoms with van der Waals surface area (Å²) in [5.74, 6) is -0.114. The summed E-state index contributed by atoms with van der Waals surface area (Å²) in [6, 6.07) is 5.49. The highest BCUT2D eigenvalue weighted by Crippen LogP contribution is 2.16. The van der Waals surface area contributed by atoms with Crippen LogP contribution in [0.15, 0.2) is 18.2 Å². The van der Waals surface area contributed by atoms with Crippen molar-refractivity contribution in [3.05, 3.63) is 35.1 Å². The van der Waals surface area contributed by atoms with Crippen LogP contribution in [-0.2, 0) is 11.3 Å². The van der Waals surface area contributed by atoms with Crippen LogP contribution in [0.25, 0.3) is 0 Å². The minimum atomic E-state index is -0.114. The molecular formula is C16H26FNO. The van der Waals surface area contributed by atoms with Crippen LogP contribution >= 0.6 is 0 Å². The minimum absolute atomic E-state index is 0.114. The monoisotopic (exact) mass is 267 g/mol. The molecule has 0 spiro atoms. The van der Waals surface area contributed by atoms with Gasteiger partial charge < -0.3 is 4.74 Å². The van der Waals surface area contributed by atoms with Gasteiger partial charge in [-0.1, -0.05) is 26.0 Å². The number of halogens is 1. The van der Waals surface area contributed by atoms with Gasteiger partial charge in [0.05, 0.1) is 12.2 Å². The van der Waals surface area contributed by atoms with Crippen LogP contribution in [0.5, 0.6) is 0 Å². The van der Waals surface area contributed by atoms with E-state index in [4.69, 9.17) is 4.74 Å². The van der Waals surface area contributed by atoms with E-state index < -0.39 is 0 Å². The van der Waals surface area contributed by atoms with Gasteiger partial charge in [0.25, 0.3) is 0 Å². The second kappa shape index (κ2) is 7.61. The number of aryl methyl sites for hydroxylation is 1. The first kappa shape index (κ1) is 16.1. The molecule has 1 aliphatic heterocycles. The maximum atomic E-state index is 13.4. The molecule has 2 atom stereocenters. The Hall–Kier alpha value is -0.930. The number of benzene rings is 1. The Morgan fingerprint density at radius 1 is 1.21 bits per heavy atom. The molecule has 108 valence electrons. The predicted molar refractivity (Wildman–Crippen MR) is 77.8 cm³/mol. The zero-order valence-electron chi connectivity index (χ0n) is 12.7.